The van der Waals surface area contributed by atoms with E-state index in [1.165, 1.54) is 4.90 Å². The zero-order chi connectivity index (χ0) is 12.1. The van der Waals surface area contributed by atoms with Gasteiger partial charge in [0.25, 0.3) is 0 Å². The molecule has 2 nitrogen and oxygen atoms in total. The number of carbonyl (C=O) groups is 1. The monoisotopic (exact) mass is 225 g/mol. The van der Waals surface area contributed by atoms with Crippen LogP contribution in [-0.2, 0) is 4.79 Å². The fourth-order valence-corrected chi connectivity index (χ4v) is 1.47. The summed E-state index contributed by atoms with van der Waals surface area (Å²) in [6.07, 6.45) is -4.19. The van der Waals surface area contributed by atoms with Crippen molar-refractivity contribution >= 4 is 5.91 Å². The van der Waals surface area contributed by atoms with Crippen LogP contribution >= 0.6 is 0 Å². The van der Waals surface area contributed by atoms with Gasteiger partial charge in [0.05, 0.1) is 0 Å². The third kappa shape index (κ3) is 4.10. The highest BCUT2D eigenvalue weighted by Gasteiger charge is 2.45. The summed E-state index contributed by atoms with van der Waals surface area (Å²) in [4.78, 5) is 12.8. The van der Waals surface area contributed by atoms with E-state index >= 15 is 0 Å². The first-order valence-corrected chi connectivity index (χ1v) is 5.23. The lowest BCUT2D eigenvalue weighted by Gasteiger charge is -2.26. The molecule has 0 aliphatic carbocycles. The summed E-state index contributed by atoms with van der Waals surface area (Å²) in [7, 11) is 0. The summed E-state index contributed by atoms with van der Waals surface area (Å²) in [6.45, 7) is 5.66. The number of halogens is 3. The van der Waals surface area contributed by atoms with E-state index in [-0.39, 0.29) is 6.42 Å². The molecule has 1 atom stereocenters. The van der Waals surface area contributed by atoms with Crippen LogP contribution in [0.2, 0.25) is 0 Å². The van der Waals surface area contributed by atoms with E-state index < -0.39 is 18.0 Å². The van der Waals surface area contributed by atoms with Gasteiger partial charge in [0.2, 0.25) is 5.91 Å². The molecule has 0 bridgehead atoms. The second-order valence-electron chi connectivity index (χ2n) is 3.39. The quantitative estimate of drug-likeness (QED) is 0.704. The van der Waals surface area contributed by atoms with Crippen molar-refractivity contribution in [3.8, 4) is 0 Å². The van der Waals surface area contributed by atoms with Gasteiger partial charge < -0.3 is 4.90 Å². The second-order valence-corrected chi connectivity index (χ2v) is 3.39. The average molecular weight is 225 g/mol. The number of hydrogen-bond acceptors (Lipinski definition) is 1. The zero-order valence-corrected chi connectivity index (χ0v) is 9.40. The normalized spacial score (nSPS) is 13.7. The van der Waals surface area contributed by atoms with Crippen molar-refractivity contribution in [2.75, 3.05) is 13.1 Å². The lowest BCUT2D eigenvalue weighted by atomic mass is 10.0. The Morgan fingerprint density at radius 1 is 1.20 bits per heavy atom. The fourth-order valence-electron chi connectivity index (χ4n) is 1.47. The SMILES string of the molecule is CCCC(C(=O)N(CC)CC)C(F)(F)F. The van der Waals surface area contributed by atoms with Gasteiger partial charge in [-0.2, -0.15) is 13.2 Å². The van der Waals surface area contributed by atoms with Gasteiger partial charge in [-0.25, -0.2) is 0 Å². The van der Waals surface area contributed by atoms with Gasteiger partial charge in [-0.1, -0.05) is 13.3 Å². The highest BCUT2D eigenvalue weighted by molar-refractivity contribution is 5.79. The number of alkyl halides is 3. The molecule has 1 unspecified atom stereocenters. The highest BCUT2D eigenvalue weighted by atomic mass is 19.4. The van der Waals surface area contributed by atoms with E-state index in [1.54, 1.807) is 20.8 Å². The van der Waals surface area contributed by atoms with Crippen LogP contribution in [-0.4, -0.2) is 30.1 Å². The maximum atomic E-state index is 12.5. The van der Waals surface area contributed by atoms with Crippen molar-refractivity contribution in [2.45, 2.75) is 39.8 Å². The third-order valence-corrected chi connectivity index (χ3v) is 2.35. The Morgan fingerprint density at radius 2 is 1.67 bits per heavy atom. The minimum Gasteiger partial charge on any atom is -0.343 e. The van der Waals surface area contributed by atoms with Gasteiger partial charge in [0.1, 0.15) is 5.92 Å². The van der Waals surface area contributed by atoms with Crippen LogP contribution in [0.5, 0.6) is 0 Å². The van der Waals surface area contributed by atoms with Crippen LogP contribution in [0.4, 0.5) is 13.2 Å². The maximum absolute atomic E-state index is 12.5. The molecule has 90 valence electrons. The first kappa shape index (κ1) is 14.3. The van der Waals surface area contributed by atoms with Gasteiger partial charge in [-0.3, -0.25) is 4.79 Å². The zero-order valence-electron chi connectivity index (χ0n) is 9.40. The summed E-state index contributed by atoms with van der Waals surface area (Å²) in [5, 5.41) is 0. The fraction of sp³-hybridized carbons (Fsp3) is 0.900. The summed E-state index contributed by atoms with van der Waals surface area (Å²) < 4.78 is 37.6. The minimum absolute atomic E-state index is 0.126. The number of rotatable bonds is 5. The Bertz CT molecular complexity index is 199. The maximum Gasteiger partial charge on any atom is 0.400 e. The molecule has 15 heavy (non-hydrogen) atoms. The van der Waals surface area contributed by atoms with E-state index in [0.717, 1.165) is 0 Å². The lowest BCUT2D eigenvalue weighted by Crippen LogP contribution is -2.42. The molecule has 0 heterocycles. The molecule has 0 aromatic heterocycles. The van der Waals surface area contributed by atoms with E-state index in [0.29, 0.717) is 19.5 Å². The lowest BCUT2D eigenvalue weighted by molar-refractivity contribution is -0.190. The smallest absolute Gasteiger partial charge is 0.343 e. The second kappa shape index (κ2) is 5.98. The first-order chi connectivity index (χ1) is 6.88. The molecule has 0 saturated heterocycles. The summed E-state index contributed by atoms with van der Waals surface area (Å²) >= 11 is 0. The average Bonchev–Trinajstić information content (AvgIpc) is 2.14. The van der Waals surface area contributed by atoms with Gasteiger partial charge in [-0.05, 0) is 20.3 Å². The summed E-state index contributed by atoms with van der Waals surface area (Å²) in [5.74, 6) is -2.63. The van der Waals surface area contributed by atoms with Crippen molar-refractivity contribution in [1.82, 2.24) is 4.90 Å². The van der Waals surface area contributed by atoms with Crippen molar-refractivity contribution in [3.63, 3.8) is 0 Å². The van der Waals surface area contributed by atoms with E-state index in [4.69, 9.17) is 0 Å². The largest absolute Gasteiger partial charge is 0.400 e. The molecular formula is C10H18F3NO. The van der Waals surface area contributed by atoms with Gasteiger partial charge >= 0.3 is 6.18 Å². The predicted octanol–water partition coefficient (Wildman–Crippen LogP) is 2.83. The molecule has 0 aromatic carbocycles. The molecule has 0 saturated carbocycles. The number of carbonyl (C=O) groups excluding carboxylic acids is 1. The van der Waals surface area contributed by atoms with Gasteiger partial charge in [0.15, 0.2) is 0 Å². The van der Waals surface area contributed by atoms with Crippen LogP contribution in [0.3, 0.4) is 0 Å². The van der Waals surface area contributed by atoms with Crippen molar-refractivity contribution in [3.05, 3.63) is 0 Å². The molecule has 0 aliphatic heterocycles. The van der Waals surface area contributed by atoms with Crippen LogP contribution < -0.4 is 0 Å². The summed E-state index contributed by atoms with van der Waals surface area (Å²) in [5.41, 5.74) is 0. The van der Waals surface area contributed by atoms with Crippen LogP contribution in [0, 0.1) is 5.92 Å². The van der Waals surface area contributed by atoms with Crippen LogP contribution in [0.15, 0.2) is 0 Å². The molecule has 0 N–H and O–H groups in total. The molecule has 0 aromatic rings. The molecule has 5 heteroatoms. The Kier molecular flexibility index (Phi) is 5.68. The molecule has 0 rings (SSSR count). The standard InChI is InChI=1S/C10H18F3NO/c1-4-7-8(10(11,12)13)9(15)14(5-2)6-3/h8H,4-7H2,1-3H3. The third-order valence-electron chi connectivity index (χ3n) is 2.35. The van der Waals surface area contributed by atoms with E-state index in [9.17, 15) is 18.0 Å². The topological polar surface area (TPSA) is 20.3 Å². The summed E-state index contributed by atoms with van der Waals surface area (Å²) in [6, 6.07) is 0. The van der Waals surface area contributed by atoms with Gasteiger partial charge in [-0.15, -0.1) is 0 Å². The van der Waals surface area contributed by atoms with Crippen molar-refractivity contribution in [1.29, 1.82) is 0 Å². The van der Waals surface area contributed by atoms with Crippen LogP contribution in [0.1, 0.15) is 33.6 Å². The molecule has 1 amide bonds. The predicted molar refractivity (Wildman–Crippen MR) is 52.4 cm³/mol. The molecule has 0 fully saturated rings. The molecule has 0 radical (unpaired) electrons. The van der Waals surface area contributed by atoms with Crippen LogP contribution in [0.25, 0.3) is 0 Å². The molecular weight excluding hydrogens is 207 g/mol. The highest BCUT2D eigenvalue weighted by Crippen LogP contribution is 2.31. The van der Waals surface area contributed by atoms with Crippen molar-refractivity contribution < 1.29 is 18.0 Å². The Hall–Kier alpha value is -0.740. The minimum atomic E-state index is -4.42. The molecule has 0 aliphatic rings. The Labute approximate surface area is 88.4 Å². The molecule has 0 spiro atoms. The number of hydrogen-bond donors (Lipinski definition) is 0. The van der Waals surface area contributed by atoms with Crippen molar-refractivity contribution in [2.24, 2.45) is 5.92 Å². The number of nitrogens with zero attached hydrogens (tertiary/aromatic N) is 1. The Morgan fingerprint density at radius 3 is 1.93 bits per heavy atom. The Balaban J connectivity index is 4.69. The van der Waals surface area contributed by atoms with E-state index in [2.05, 4.69) is 0 Å². The first-order valence-electron chi connectivity index (χ1n) is 5.23. The van der Waals surface area contributed by atoms with Gasteiger partial charge in [0, 0.05) is 13.1 Å². The number of amides is 1. The van der Waals surface area contributed by atoms with E-state index in [1.807, 2.05) is 0 Å².